The molecule has 2 atom stereocenters. The summed E-state index contributed by atoms with van der Waals surface area (Å²) in [5.41, 5.74) is 3.52. The number of aromatic hydroxyl groups is 2. The van der Waals surface area contributed by atoms with Gasteiger partial charge in [0.2, 0.25) is 0 Å². The second-order valence-corrected chi connectivity index (χ2v) is 6.65. The highest BCUT2D eigenvalue weighted by atomic mass is 16.3. The van der Waals surface area contributed by atoms with Gasteiger partial charge < -0.3 is 15.3 Å². The minimum absolute atomic E-state index is 0.0233. The number of phenols is 2. The Morgan fingerprint density at radius 2 is 1.91 bits per heavy atom. The molecule has 126 valence electrons. The fourth-order valence-corrected chi connectivity index (χ4v) is 3.49. The maximum atomic E-state index is 10.5. The van der Waals surface area contributed by atoms with Gasteiger partial charge in [-0.3, -0.25) is 0 Å². The number of aliphatic hydroxyl groups excluding tert-OH is 1. The van der Waals surface area contributed by atoms with Gasteiger partial charge in [-0.15, -0.1) is 0 Å². The van der Waals surface area contributed by atoms with Gasteiger partial charge in [0, 0.05) is 11.5 Å². The van der Waals surface area contributed by atoms with Gasteiger partial charge in [0.25, 0.3) is 0 Å². The lowest BCUT2D eigenvalue weighted by Gasteiger charge is -2.31. The van der Waals surface area contributed by atoms with Crippen molar-refractivity contribution in [2.45, 2.75) is 51.9 Å². The molecule has 0 heterocycles. The molecule has 1 aliphatic carbocycles. The summed E-state index contributed by atoms with van der Waals surface area (Å²) in [7, 11) is 0. The molecule has 0 fully saturated rings. The molecule has 0 radical (unpaired) electrons. The van der Waals surface area contributed by atoms with E-state index in [2.05, 4.69) is 13.5 Å². The minimum Gasteiger partial charge on any atom is -0.507 e. The number of unbranched alkanes of at least 4 members (excludes halogenated alkanes) is 1. The van der Waals surface area contributed by atoms with Crippen LogP contribution >= 0.6 is 0 Å². The van der Waals surface area contributed by atoms with Crippen molar-refractivity contribution in [3.05, 3.63) is 47.1 Å². The van der Waals surface area contributed by atoms with E-state index in [1.54, 1.807) is 12.1 Å². The predicted molar refractivity (Wildman–Crippen MR) is 93.8 cm³/mol. The number of benzene rings is 1. The summed E-state index contributed by atoms with van der Waals surface area (Å²) in [6.07, 6.45) is 6.66. The van der Waals surface area contributed by atoms with Gasteiger partial charge in [-0.2, -0.15) is 0 Å². The second-order valence-electron chi connectivity index (χ2n) is 6.65. The van der Waals surface area contributed by atoms with E-state index in [9.17, 15) is 15.3 Å². The summed E-state index contributed by atoms with van der Waals surface area (Å²) in [5, 5.41) is 30.4. The van der Waals surface area contributed by atoms with Crippen LogP contribution in [0.15, 0.2) is 35.9 Å². The van der Waals surface area contributed by atoms with Crippen LogP contribution in [-0.4, -0.2) is 21.9 Å². The van der Waals surface area contributed by atoms with Crippen molar-refractivity contribution in [1.82, 2.24) is 0 Å². The lowest BCUT2D eigenvalue weighted by atomic mass is 9.73. The summed E-state index contributed by atoms with van der Waals surface area (Å²) in [6.45, 7) is 8.20. The van der Waals surface area contributed by atoms with Crippen molar-refractivity contribution in [3.8, 4) is 11.5 Å². The summed E-state index contributed by atoms with van der Waals surface area (Å²) in [5.74, 6) is 0.317. The average Bonchev–Trinajstić information content (AvgIpc) is 2.51. The first-order valence-corrected chi connectivity index (χ1v) is 8.48. The van der Waals surface area contributed by atoms with E-state index in [0.29, 0.717) is 5.56 Å². The Labute approximate surface area is 139 Å². The Morgan fingerprint density at radius 1 is 1.26 bits per heavy atom. The van der Waals surface area contributed by atoms with Crippen LogP contribution in [0, 0.1) is 5.92 Å². The maximum Gasteiger partial charge on any atom is 0.123 e. The zero-order valence-corrected chi connectivity index (χ0v) is 14.2. The van der Waals surface area contributed by atoms with Gasteiger partial charge in [-0.05, 0) is 61.8 Å². The summed E-state index contributed by atoms with van der Waals surface area (Å²) >= 11 is 0. The zero-order chi connectivity index (χ0) is 17.0. The van der Waals surface area contributed by atoms with Crippen molar-refractivity contribution < 1.29 is 15.3 Å². The standard InChI is InChI=1S/C20H28O3/c1-4-5-6-14-10-18(22)20(19(23)11-14)17-9-15(12-21)7-8-16(17)13(2)3/h9-11,16-17,21-23H,2,4-8,12H2,1,3H3/t16-,17+/m0/s1. The monoisotopic (exact) mass is 316 g/mol. The molecule has 1 aromatic rings. The maximum absolute atomic E-state index is 10.5. The van der Waals surface area contributed by atoms with Crippen molar-refractivity contribution in [1.29, 1.82) is 0 Å². The number of aryl methyl sites for hydroxylation is 1. The van der Waals surface area contributed by atoms with Gasteiger partial charge >= 0.3 is 0 Å². The van der Waals surface area contributed by atoms with Crippen LogP contribution in [-0.2, 0) is 6.42 Å². The number of hydrogen-bond acceptors (Lipinski definition) is 3. The third kappa shape index (κ3) is 3.97. The molecule has 3 N–H and O–H groups in total. The molecule has 1 aromatic carbocycles. The molecule has 0 saturated carbocycles. The number of allylic oxidation sites excluding steroid dienone is 2. The number of hydrogen-bond donors (Lipinski definition) is 3. The SMILES string of the molecule is C=C(C)[C@@H]1CCC(CO)=C[C@H]1c1c(O)cc(CCCC)cc1O. The van der Waals surface area contributed by atoms with E-state index < -0.39 is 0 Å². The van der Waals surface area contributed by atoms with Gasteiger partial charge in [-0.1, -0.05) is 31.6 Å². The molecule has 0 unspecified atom stereocenters. The molecule has 23 heavy (non-hydrogen) atoms. The smallest absolute Gasteiger partial charge is 0.123 e. The lowest BCUT2D eigenvalue weighted by molar-refractivity contribution is 0.314. The molecular formula is C20H28O3. The second kappa shape index (κ2) is 7.69. The van der Waals surface area contributed by atoms with Crippen LogP contribution in [0.25, 0.3) is 0 Å². The Hall–Kier alpha value is -1.74. The first-order chi connectivity index (χ1) is 11.0. The van der Waals surface area contributed by atoms with Crippen LogP contribution in [0.4, 0.5) is 0 Å². The number of phenolic OH excluding ortho intramolecular Hbond substituents is 2. The van der Waals surface area contributed by atoms with E-state index in [0.717, 1.165) is 48.8 Å². The first kappa shape index (κ1) is 17.6. The quantitative estimate of drug-likeness (QED) is 0.680. The highest BCUT2D eigenvalue weighted by molar-refractivity contribution is 5.51. The van der Waals surface area contributed by atoms with Crippen LogP contribution in [0.3, 0.4) is 0 Å². The highest BCUT2D eigenvalue weighted by Crippen LogP contribution is 2.46. The van der Waals surface area contributed by atoms with E-state index in [1.165, 1.54) is 0 Å². The van der Waals surface area contributed by atoms with Crippen molar-refractivity contribution in [3.63, 3.8) is 0 Å². The molecule has 0 bridgehead atoms. The average molecular weight is 316 g/mol. The Bertz CT molecular complexity index is 578. The Kier molecular flexibility index (Phi) is 5.89. The van der Waals surface area contributed by atoms with E-state index in [1.807, 2.05) is 13.0 Å². The van der Waals surface area contributed by atoms with Gasteiger partial charge in [0.05, 0.1) is 6.61 Å². The minimum atomic E-state index is -0.136. The van der Waals surface area contributed by atoms with Gasteiger partial charge in [-0.25, -0.2) is 0 Å². The molecular weight excluding hydrogens is 288 g/mol. The Balaban J connectivity index is 2.43. The Morgan fingerprint density at radius 3 is 2.43 bits per heavy atom. The first-order valence-electron chi connectivity index (χ1n) is 8.48. The molecule has 0 aliphatic heterocycles. The summed E-state index contributed by atoms with van der Waals surface area (Å²) in [6, 6.07) is 3.53. The molecule has 0 amide bonds. The van der Waals surface area contributed by atoms with Gasteiger partial charge in [0.15, 0.2) is 0 Å². The normalized spacial score (nSPS) is 21.1. The summed E-state index contributed by atoms with van der Waals surface area (Å²) in [4.78, 5) is 0. The van der Waals surface area contributed by atoms with Gasteiger partial charge in [0.1, 0.15) is 11.5 Å². The molecule has 0 aromatic heterocycles. The van der Waals surface area contributed by atoms with Crippen LogP contribution < -0.4 is 0 Å². The molecule has 1 aliphatic rings. The number of rotatable bonds is 6. The highest BCUT2D eigenvalue weighted by Gasteiger charge is 2.30. The third-order valence-corrected chi connectivity index (χ3v) is 4.81. The zero-order valence-electron chi connectivity index (χ0n) is 14.2. The van der Waals surface area contributed by atoms with E-state index in [4.69, 9.17) is 0 Å². The molecule has 0 spiro atoms. The number of aliphatic hydroxyl groups is 1. The third-order valence-electron chi connectivity index (χ3n) is 4.81. The van der Waals surface area contributed by atoms with Crippen LogP contribution in [0.1, 0.15) is 56.6 Å². The van der Waals surface area contributed by atoms with Crippen molar-refractivity contribution in [2.24, 2.45) is 5.92 Å². The topological polar surface area (TPSA) is 60.7 Å². The molecule has 3 heteroatoms. The molecule has 3 nitrogen and oxygen atoms in total. The predicted octanol–water partition coefficient (Wildman–Crippen LogP) is 4.43. The van der Waals surface area contributed by atoms with E-state index >= 15 is 0 Å². The summed E-state index contributed by atoms with van der Waals surface area (Å²) < 4.78 is 0. The van der Waals surface area contributed by atoms with Crippen molar-refractivity contribution >= 4 is 0 Å². The molecule has 0 saturated heterocycles. The van der Waals surface area contributed by atoms with E-state index in [-0.39, 0.29) is 29.9 Å². The lowest BCUT2D eigenvalue weighted by Crippen LogP contribution is -2.18. The fourth-order valence-electron chi connectivity index (χ4n) is 3.49. The van der Waals surface area contributed by atoms with Crippen LogP contribution in [0.5, 0.6) is 11.5 Å². The largest absolute Gasteiger partial charge is 0.507 e. The van der Waals surface area contributed by atoms with Crippen LogP contribution in [0.2, 0.25) is 0 Å². The molecule has 2 rings (SSSR count). The van der Waals surface area contributed by atoms with Crippen molar-refractivity contribution in [2.75, 3.05) is 6.61 Å². The fraction of sp³-hybridized carbons (Fsp3) is 0.500.